The van der Waals surface area contributed by atoms with Crippen LogP contribution in [0.4, 0.5) is 0 Å². The molecule has 0 bridgehead atoms. The molecule has 43 heavy (non-hydrogen) atoms. The monoisotopic (exact) mass is 598 g/mol. The van der Waals surface area contributed by atoms with Crippen LogP contribution in [0.15, 0.2) is 46.5 Å². The molecule has 2 aromatic rings. The van der Waals surface area contributed by atoms with Crippen molar-refractivity contribution in [1.29, 1.82) is 5.26 Å². The van der Waals surface area contributed by atoms with Crippen LogP contribution in [0, 0.1) is 25.2 Å². The predicted octanol–water partition coefficient (Wildman–Crippen LogP) is 2.99. The van der Waals surface area contributed by atoms with Gasteiger partial charge in [-0.1, -0.05) is 74.7 Å². The van der Waals surface area contributed by atoms with Crippen LogP contribution < -0.4 is 21.3 Å². The lowest BCUT2D eigenvalue weighted by molar-refractivity contribution is -0.128. The largest absolute Gasteiger partial charge is 0.391 e. The number of aliphatic hydroxyl groups is 1. The number of aliphatic hydroxyl groups excluding tert-OH is 1. The van der Waals surface area contributed by atoms with Gasteiger partial charge in [0.25, 0.3) is 11.8 Å². The fourth-order valence-electron chi connectivity index (χ4n) is 3.06. The second kappa shape index (κ2) is 22.1. The molecule has 0 saturated heterocycles. The smallest absolute Gasteiger partial charge is 0.274 e. The minimum Gasteiger partial charge on any atom is -0.391 e. The summed E-state index contributed by atoms with van der Waals surface area (Å²) in [5.74, 6) is -1.57. The lowest BCUT2D eigenvalue weighted by Crippen LogP contribution is -2.53. The van der Waals surface area contributed by atoms with Gasteiger partial charge in [0.05, 0.1) is 12.6 Å². The fourth-order valence-corrected chi connectivity index (χ4v) is 3.06. The van der Waals surface area contributed by atoms with Gasteiger partial charge >= 0.3 is 0 Å². The number of amides is 4. The molecule has 236 valence electrons. The highest BCUT2D eigenvalue weighted by atomic mass is 16.5. The summed E-state index contributed by atoms with van der Waals surface area (Å²) < 4.78 is 4.81. The van der Waals surface area contributed by atoms with Gasteiger partial charge in [-0.2, -0.15) is 5.26 Å². The molecule has 0 aliphatic carbocycles. The SMILES string of the molecule is C/C=C(\C#N)C(=O)NCCCC.CCC.Cc1ccc(CNC(=O)CNC(=O)C(NC(=O)c2cc(C)on2)[C@@H](C)O)cc1. The van der Waals surface area contributed by atoms with E-state index in [2.05, 4.69) is 40.3 Å². The summed E-state index contributed by atoms with van der Waals surface area (Å²) in [6, 6.07) is 9.68. The van der Waals surface area contributed by atoms with Gasteiger partial charge in [-0.3, -0.25) is 19.2 Å². The van der Waals surface area contributed by atoms with Crippen molar-refractivity contribution >= 4 is 23.6 Å². The van der Waals surface area contributed by atoms with E-state index in [0.717, 1.165) is 24.0 Å². The molecule has 1 heterocycles. The van der Waals surface area contributed by atoms with Gasteiger partial charge < -0.3 is 30.9 Å². The van der Waals surface area contributed by atoms with Crippen LogP contribution in [0.3, 0.4) is 0 Å². The number of nitrogens with one attached hydrogen (secondary N) is 4. The Labute approximate surface area is 254 Å². The van der Waals surface area contributed by atoms with E-state index in [9.17, 15) is 24.3 Å². The van der Waals surface area contributed by atoms with E-state index in [-0.39, 0.29) is 23.7 Å². The second-order valence-electron chi connectivity index (χ2n) is 9.63. The van der Waals surface area contributed by atoms with E-state index in [1.165, 1.54) is 25.5 Å². The Morgan fingerprint density at radius 2 is 1.70 bits per heavy atom. The molecule has 1 unspecified atom stereocenters. The normalized spacial score (nSPS) is 11.7. The molecule has 0 fully saturated rings. The number of nitriles is 1. The number of carbonyl (C=O) groups excluding carboxylic acids is 4. The third-order valence-corrected chi connectivity index (χ3v) is 5.42. The molecule has 1 aromatic heterocycles. The summed E-state index contributed by atoms with van der Waals surface area (Å²) in [5, 5.41) is 32.0. The maximum atomic E-state index is 12.3. The van der Waals surface area contributed by atoms with Crippen molar-refractivity contribution in [1.82, 2.24) is 26.4 Å². The van der Waals surface area contributed by atoms with E-state index >= 15 is 0 Å². The molecule has 4 amide bonds. The van der Waals surface area contributed by atoms with Crippen LogP contribution in [0.5, 0.6) is 0 Å². The van der Waals surface area contributed by atoms with E-state index in [1.807, 2.05) is 44.2 Å². The Morgan fingerprint density at radius 1 is 1.07 bits per heavy atom. The van der Waals surface area contributed by atoms with E-state index < -0.39 is 29.9 Å². The van der Waals surface area contributed by atoms with Gasteiger partial charge in [0.15, 0.2) is 5.69 Å². The first kappa shape index (κ1) is 38.5. The molecule has 0 aliphatic rings. The number of benzene rings is 1. The summed E-state index contributed by atoms with van der Waals surface area (Å²) in [5.41, 5.74) is 2.23. The number of allylic oxidation sites excluding steroid dienone is 1. The topological polar surface area (TPSA) is 186 Å². The number of nitrogens with zero attached hydrogens (tertiary/aromatic N) is 2. The van der Waals surface area contributed by atoms with Crippen LogP contribution in [0.25, 0.3) is 0 Å². The fraction of sp³-hybridized carbons (Fsp3) is 0.484. The van der Waals surface area contributed by atoms with Crippen molar-refractivity contribution < 1.29 is 28.8 Å². The van der Waals surface area contributed by atoms with Crippen molar-refractivity contribution in [2.45, 2.75) is 86.4 Å². The molecule has 12 heteroatoms. The van der Waals surface area contributed by atoms with Crippen LogP contribution in [-0.2, 0) is 20.9 Å². The first-order valence-electron chi connectivity index (χ1n) is 14.3. The van der Waals surface area contributed by atoms with Crippen LogP contribution in [0.1, 0.15) is 81.3 Å². The highest BCUT2D eigenvalue weighted by Crippen LogP contribution is 2.04. The average Bonchev–Trinajstić information content (AvgIpc) is 3.42. The molecule has 2 atom stereocenters. The molecular weight excluding hydrogens is 552 g/mol. The van der Waals surface area contributed by atoms with Crippen molar-refractivity contribution in [3.8, 4) is 6.07 Å². The Hall–Kier alpha value is -4.50. The van der Waals surface area contributed by atoms with Gasteiger partial charge in [-0.15, -0.1) is 0 Å². The summed E-state index contributed by atoms with van der Waals surface area (Å²) in [4.78, 5) is 47.4. The first-order chi connectivity index (χ1) is 20.4. The number of rotatable bonds is 12. The standard InChI is InChI=1S/C19H24N4O5.C9H14N2O.C3H8/c1-11-4-6-14(7-5-11)9-20-16(25)10-21-19(27)17(13(3)24)22-18(26)15-8-12(2)28-23-15;1-3-5-6-11-9(12)8(4-2)7-10;1-3-2/h4-8,13,17,24H,9-10H2,1-3H3,(H,20,25)(H,21,27)(H,22,26);4H,3,5-6H2,1-2H3,(H,11,12);3H2,1-2H3/b;8-4+;/t13-,17?;;/m1../s1. The molecule has 2 rings (SSSR count). The first-order valence-corrected chi connectivity index (χ1v) is 14.3. The Morgan fingerprint density at radius 3 is 2.19 bits per heavy atom. The number of carbonyl (C=O) groups is 4. The van der Waals surface area contributed by atoms with Gasteiger partial charge in [-0.05, 0) is 39.7 Å². The zero-order valence-corrected chi connectivity index (χ0v) is 26.2. The van der Waals surface area contributed by atoms with Crippen LogP contribution in [0.2, 0.25) is 0 Å². The number of unbranched alkanes of at least 4 members (excludes halogenated alkanes) is 1. The van der Waals surface area contributed by atoms with E-state index in [1.54, 1.807) is 13.8 Å². The summed E-state index contributed by atoms with van der Waals surface area (Å²) in [6.07, 6.45) is 3.58. The number of hydrogen-bond acceptors (Lipinski definition) is 8. The zero-order valence-electron chi connectivity index (χ0n) is 26.2. The van der Waals surface area contributed by atoms with E-state index in [4.69, 9.17) is 9.78 Å². The van der Waals surface area contributed by atoms with Crippen LogP contribution >= 0.6 is 0 Å². The number of hydrogen-bond donors (Lipinski definition) is 5. The highest BCUT2D eigenvalue weighted by molar-refractivity contribution is 5.97. The quantitative estimate of drug-likeness (QED) is 0.140. The molecule has 0 spiro atoms. The number of aryl methyl sites for hydroxylation is 2. The zero-order chi connectivity index (χ0) is 32.8. The average molecular weight is 599 g/mol. The molecule has 0 radical (unpaired) electrons. The molecular formula is C31H46N6O6. The minimum atomic E-state index is -1.24. The van der Waals surface area contributed by atoms with Crippen molar-refractivity contribution in [2.24, 2.45) is 0 Å². The highest BCUT2D eigenvalue weighted by Gasteiger charge is 2.27. The minimum absolute atomic E-state index is 0.00760. The summed E-state index contributed by atoms with van der Waals surface area (Å²) in [6.45, 7) is 13.6. The van der Waals surface area contributed by atoms with Gasteiger partial charge in [-0.25, -0.2) is 0 Å². The van der Waals surface area contributed by atoms with Crippen molar-refractivity contribution in [3.63, 3.8) is 0 Å². The molecule has 1 aromatic carbocycles. The number of aromatic nitrogens is 1. The Balaban J connectivity index is 0.000000982. The molecule has 5 N–H and O–H groups in total. The molecule has 0 saturated carbocycles. The van der Waals surface area contributed by atoms with Crippen molar-refractivity contribution in [3.05, 3.63) is 64.6 Å². The second-order valence-corrected chi connectivity index (χ2v) is 9.63. The third kappa shape index (κ3) is 16.5. The lowest BCUT2D eigenvalue weighted by Gasteiger charge is -2.20. The van der Waals surface area contributed by atoms with Gasteiger partial charge in [0.2, 0.25) is 11.8 Å². The third-order valence-electron chi connectivity index (χ3n) is 5.42. The summed E-state index contributed by atoms with van der Waals surface area (Å²) in [7, 11) is 0. The maximum absolute atomic E-state index is 12.3. The van der Waals surface area contributed by atoms with Gasteiger partial charge in [0, 0.05) is 19.2 Å². The summed E-state index contributed by atoms with van der Waals surface area (Å²) >= 11 is 0. The van der Waals surface area contributed by atoms with E-state index in [0.29, 0.717) is 18.8 Å². The predicted molar refractivity (Wildman–Crippen MR) is 163 cm³/mol. The van der Waals surface area contributed by atoms with Gasteiger partial charge in [0.1, 0.15) is 23.4 Å². The van der Waals surface area contributed by atoms with Crippen LogP contribution in [-0.4, -0.2) is 59.1 Å². The molecule has 12 nitrogen and oxygen atoms in total. The Kier molecular flexibility index (Phi) is 19.8. The molecule has 0 aliphatic heterocycles. The van der Waals surface area contributed by atoms with Crippen molar-refractivity contribution in [2.75, 3.05) is 13.1 Å². The Bertz CT molecular complexity index is 1210. The maximum Gasteiger partial charge on any atom is 0.274 e. The lowest BCUT2D eigenvalue weighted by atomic mass is 10.1.